The molecule has 0 aliphatic rings. The molecule has 79 valence electrons. The number of hydrogen-bond acceptors (Lipinski definition) is 0. The van der Waals surface area contributed by atoms with Crippen LogP contribution < -0.4 is 5.46 Å². The first-order valence-corrected chi connectivity index (χ1v) is 5.41. The molecule has 16 heavy (non-hydrogen) atoms. The third-order valence-electron chi connectivity index (χ3n) is 2.62. The summed E-state index contributed by atoms with van der Waals surface area (Å²) in [7, 11) is 2.07. The molecule has 0 aromatic heterocycles. The van der Waals surface area contributed by atoms with Crippen molar-refractivity contribution < 1.29 is 4.39 Å². The Morgan fingerprint density at radius 3 is 2.44 bits per heavy atom. The van der Waals surface area contributed by atoms with Gasteiger partial charge in [-0.2, -0.15) is 0 Å². The van der Waals surface area contributed by atoms with Gasteiger partial charge in [0.15, 0.2) is 7.28 Å². The second kappa shape index (κ2) is 4.97. The molecule has 0 nitrogen and oxygen atoms in total. The summed E-state index contributed by atoms with van der Waals surface area (Å²) in [5.74, 6) is 0.108. The summed E-state index contributed by atoms with van der Waals surface area (Å²) < 4.78 is 13.0. The highest BCUT2D eigenvalue weighted by molar-refractivity contribution is 6.54. The van der Waals surface area contributed by atoms with Gasteiger partial charge in [-0.25, -0.2) is 4.39 Å². The Labute approximate surface area is 96.4 Å². The zero-order valence-corrected chi connectivity index (χ0v) is 9.23. The second-order valence-corrected chi connectivity index (χ2v) is 3.92. The Balaban J connectivity index is 2.11. The average molecular weight is 211 g/mol. The van der Waals surface area contributed by atoms with Crippen LogP contribution in [0.15, 0.2) is 54.6 Å². The maximum absolute atomic E-state index is 13.0. The fraction of sp³-hybridized carbons (Fsp3) is 0.143. The third kappa shape index (κ3) is 2.72. The molecule has 1 atom stereocenters. The summed E-state index contributed by atoms with van der Waals surface area (Å²) in [4.78, 5) is 0. The lowest BCUT2D eigenvalue weighted by Crippen LogP contribution is -2.20. The molecule has 0 heterocycles. The first kappa shape index (κ1) is 10.9. The van der Waals surface area contributed by atoms with E-state index in [1.54, 1.807) is 12.1 Å². The summed E-state index contributed by atoms with van der Waals surface area (Å²) in [6, 6.07) is 16.9. The van der Waals surface area contributed by atoms with Gasteiger partial charge in [-0.15, -0.1) is 0 Å². The lowest BCUT2D eigenvalue weighted by molar-refractivity contribution is 0.629. The molecular weight excluding hydrogens is 198 g/mol. The van der Waals surface area contributed by atoms with Gasteiger partial charge < -0.3 is 0 Å². The van der Waals surface area contributed by atoms with E-state index in [1.807, 2.05) is 24.3 Å². The van der Waals surface area contributed by atoms with Gasteiger partial charge in [-0.1, -0.05) is 60.4 Å². The monoisotopic (exact) mass is 211 g/mol. The van der Waals surface area contributed by atoms with Crippen molar-refractivity contribution in [3.05, 3.63) is 66.0 Å². The van der Waals surface area contributed by atoms with Gasteiger partial charge in [0, 0.05) is 0 Å². The largest absolute Gasteiger partial charge is 0.207 e. The molecule has 1 unspecified atom stereocenters. The normalized spacial score (nSPS) is 12.1. The van der Waals surface area contributed by atoms with E-state index in [4.69, 9.17) is 0 Å². The Morgan fingerprint density at radius 1 is 1.00 bits per heavy atom. The lowest BCUT2D eigenvalue weighted by atomic mass is 9.58. The van der Waals surface area contributed by atoms with Crippen LogP contribution in [0, 0.1) is 5.82 Å². The highest BCUT2D eigenvalue weighted by atomic mass is 19.1. The molecule has 0 bridgehead atoms. The molecule has 2 aromatic rings. The van der Waals surface area contributed by atoms with Crippen molar-refractivity contribution in [2.75, 3.05) is 0 Å². The summed E-state index contributed by atoms with van der Waals surface area (Å²) in [5.41, 5.74) is 2.17. The quantitative estimate of drug-likeness (QED) is 0.684. The van der Waals surface area contributed by atoms with Crippen LogP contribution in [0.2, 0.25) is 0 Å². The van der Waals surface area contributed by atoms with Crippen LogP contribution in [0.5, 0.6) is 0 Å². The van der Waals surface area contributed by atoms with Crippen LogP contribution in [0.1, 0.15) is 18.3 Å². The van der Waals surface area contributed by atoms with Crippen molar-refractivity contribution in [3.63, 3.8) is 0 Å². The molecule has 2 aromatic carbocycles. The van der Waals surface area contributed by atoms with Gasteiger partial charge in [0.05, 0.1) is 0 Å². The average Bonchev–Trinajstić information content (AvgIpc) is 2.30. The SMILES string of the molecule is CC([B]c1cccc(F)c1)c1ccccc1. The second-order valence-electron chi connectivity index (χ2n) is 3.92. The molecule has 0 amide bonds. The summed E-state index contributed by atoms with van der Waals surface area (Å²) in [6.45, 7) is 2.11. The fourth-order valence-electron chi connectivity index (χ4n) is 1.75. The van der Waals surface area contributed by atoms with Crippen molar-refractivity contribution >= 4 is 12.7 Å². The van der Waals surface area contributed by atoms with Crippen molar-refractivity contribution in [2.45, 2.75) is 12.7 Å². The Hall–Kier alpha value is -1.57. The first-order chi connectivity index (χ1) is 7.75. The van der Waals surface area contributed by atoms with Gasteiger partial charge >= 0.3 is 0 Å². The summed E-state index contributed by atoms with van der Waals surface area (Å²) in [6.07, 6.45) is 0. The van der Waals surface area contributed by atoms with Gasteiger partial charge in [0.2, 0.25) is 0 Å². The van der Waals surface area contributed by atoms with Gasteiger partial charge in [-0.05, 0) is 17.9 Å². The van der Waals surface area contributed by atoms with E-state index in [0.29, 0.717) is 5.82 Å². The minimum Gasteiger partial charge on any atom is -0.207 e. The van der Waals surface area contributed by atoms with Gasteiger partial charge in [0.1, 0.15) is 5.82 Å². The lowest BCUT2D eigenvalue weighted by Gasteiger charge is -2.10. The van der Waals surface area contributed by atoms with E-state index in [0.717, 1.165) is 5.46 Å². The van der Waals surface area contributed by atoms with Crippen LogP contribution in [0.25, 0.3) is 0 Å². The molecule has 2 rings (SSSR count). The van der Waals surface area contributed by atoms with Crippen LogP contribution in [0.3, 0.4) is 0 Å². The first-order valence-electron chi connectivity index (χ1n) is 5.41. The van der Waals surface area contributed by atoms with E-state index in [9.17, 15) is 4.39 Å². The van der Waals surface area contributed by atoms with Crippen LogP contribution in [-0.4, -0.2) is 7.28 Å². The zero-order chi connectivity index (χ0) is 11.4. The van der Waals surface area contributed by atoms with Crippen molar-refractivity contribution in [1.29, 1.82) is 0 Å². The topological polar surface area (TPSA) is 0 Å². The van der Waals surface area contributed by atoms with Gasteiger partial charge in [-0.3, -0.25) is 0 Å². The fourth-order valence-corrected chi connectivity index (χ4v) is 1.75. The predicted molar refractivity (Wildman–Crippen MR) is 66.6 cm³/mol. The van der Waals surface area contributed by atoms with Crippen LogP contribution in [-0.2, 0) is 0 Å². The van der Waals surface area contributed by atoms with E-state index in [-0.39, 0.29) is 5.82 Å². The van der Waals surface area contributed by atoms with E-state index in [1.165, 1.54) is 11.6 Å². The molecular formula is C14H13BF. The molecule has 0 aliphatic heterocycles. The predicted octanol–water partition coefficient (Wildman–Crippen LogP) is 2.92. The number of benzene rings is 2. The molecule has 0 saturated heterocycles. The van der Waals surface area contributed by atoms with E-state index >= 15 is 0 Å². The third-order valence-corrected chi connectivity index (χ3v) is 2.62. The molecule has 0 N–H and O–H groups in total. The molecule has 2 heteroatoms. The van der Waals surface area contributed by atoms with Crippen molar-refractivity contribution in [2.24, 2.45) is 0 Å². The van der Waals surface area contributed by atoms with Crippen LogP contribution >= 0.6 is 0 Å². The van der Waals surface area contributed by atoms with Crippen molar-refractivity contribution in [3.8, 4) is 0 Å². The van der Waals surface area contributed by atoms with E-state index < -0.39 is 0 Å². The molecule has 0 aliphatic carbocycles. The molecule has 0 fully saturated rings. The standard InChI is InChI=1S/C14H13BF/c1-11(12-6-3-2-4-7-12)15-13-8-5-9-14(16)10-13/h2-11H,1H3. The number of rotatable bonds is 3. The Kier molecular flexibility index (Phi) is 3.40. The van der Waals surface area contributed by atoms with Gasteiger partial charge in [0.25, 0.3) is 0 Å². The number of hydrogen-bond donors (Lipinski definition) is 0. The molecule has 0 saturated carbocycles. The van der Waals surface area contributed by atoms with Crippen molar-refractivity contribution in [1.82, 2.24) is 0 Å². The number of halogens is 1. The summed E-state index contributed by atoms with van der Waals surface area (Å²) >= 11 is 0. The zero-order valence-electron chi connectivity index (χ0n) is 9.23. The highest BCUT2D eigenvalue weighted by Crippen LogP contribution is 2.12. The Morgan fingerprint density at radius 2 is 1.75 bits per heavy atom. The maximum atomic E-state index is 13.0. The summed E-state index contributed by atoms with van der Waals surface area (Å²) in [5, 5.41) is 0. The minimum absolute atomic E-state index is 0.186. The molecule has 1 radical (unpaired) electrons. The van der Waals surface area contributed by atoms with Crippen LogP contribution in [0.4, 0.5) is 4.39 Å². The highest BCUT2D eigenvalue weighted by Gasteiger charge is 2.08. The van der Waals surface area contributed by atoms with E-state index in [2.05, 4.69) is 26.3 Å². The Bertz CT molecular complexity index is 453. The minimum atomic E-state index is -0.186. The smallest absolute Gasteiger partial charge is 0.160 e. The molecule has 0 spiro atoms. The maximum Gasteiger partial charge on any atom is 0.160 e.